The summed E-state index contributed by atoms with van der Waals surface area (Å²) in [6, 6.07) is 9.91. The molecule has 2 aromatic carbocycles. The topological polar surface area (TPSA) is 60.3 Å². The molecule has 1 N–H and O–H groups in total. The normalized spacial score (nSPS) is 10.8. The van der Waals surface area contributed by atoms with Crippen molar-refractivity contribution in [2.24, 2.45) is 0 Å². The van der Waals surface area contributed by atoms with Crippen molar-refractivity contribution < 1.29 is 9.53 Å². The fourth-order valence-electron chi connectivity index (χ4n) is 2.76. The zero-order valence-electron chi connectivity index (χ0n) is 14.2. The number of hydrogen-bond acceptors (Lipinski definition) is 3. The van der Waals surface area contributed by atoms with Crippen molar-refractivity contribution in [3.05, 3.63) is 68.4 Å². The van der Waals surface area contributed by atoms with E-state index >= 15 is 0 Å². The SMILES string of the molecule is CCn1cc(C(=O)Nc2cc(Cl)ccc2OC)c(=O)c2cc(Cl)ccc21. The van der Waals surface area contributed by atoms with Gasteiger partial charge in [-0.05, 0) is 43.3 Å². The fraction of sp³-hybridized carbons (Fsp3) is 0.158. The number of methoxy groups -OCH3 is 1. The van der Waals surface area contributed by atoms with E-state index in [1.54, 1.807) is 42.6 Å². The van der Waals surface area contributed by atoms with Crippen LogP contribution in [0.1, 0.15) is 17.3 Å². The van der Waals surface area contributed by atoms with Gasteiger partial charge in [0, 0.05) is 28.2 Å². The molecule has 0 radical (unpaired) electrons. The van der Waals surface area contributed by atoms with Crippen LogP contribution in [-0.4, -0.2) is 17.6 Å². The first-order chi connectivity index (χ1) is 12.4. The molecule has 0 aliphatic rings. The minimum Gasteiger partial charge on any atom is -0.495 e. The molecule has 0 atom stereocenters. The zero-order valence-corrected chi connectivity index (χ0v) is 15.7. The van der Waals surface area contributed by atoms with Gasteiger partial charge >= 0.3 is 0 Å². The smallest absolute Gasteiger partial charge is 0.261 e. The Kier molecular flexibility index (Phi) is 5.20. The number of aromatic nitrogens is 1. The molecule has 0 saturated carbocycles. The van der Waals surface area contributed by atoms with Crippen molar-refractivity contribution >= 4 is 45.7 Å². The fourth-order valence-corrected chi connectivity index (χ4v) is 3.10. The molecule has 134 valence electrons. The van der Waals surface area contributed by atoms with Gasteiger partial charge in [-0.2, -0.15) is 0 Å². The van der Waals surface area contributed by atoms with E-state index in [9.17, 15) is 9.59 Å². The molecular formula is C19H16Cl2N2O3. The first-order valence-electron chi connectivity index (χ1n) is 7.92. The molecule has 0 saturated heterocycles. The largest absolute Gasteiger partial charge is 0.495 e. The summed E-state index contributed by atoms with van der Waals surface area (Å²) in [5.74, 6) is -0.0953. The molecule has 0 bridgehead atoms. The van der Waals surface area contributed by atoms with Gasteiger partial charge in [0.25, 0.3) is 5.91 Å². The maximum Gasteiger partial charge on any atom is 0.261 e. The molecule has 0 spiro atoms. The number of aryl methyl sites for hydroxylation is 1. The molecule has 0 unspecified atom stereocenters. The number of nitrogens with zero attached hydrogens (tertiary/aromatic N) is 1. The van der Waals surface area contributed by atoms with E-state index in [1.807, 2.05) is 11.5 Å². The third kappa shape index (κ3) is 3.41. The van der Waals surface area contributed by atoms with Gasteiger partial charge in [-0.15, -0.1) is 0 Å². The zero-order chi connectivity index (χ0) is 18.8. The predicted molar refractivity (Wildman–Crippen MR) is 105 cm³/mol. The Morgan fingerprint density at radius 2 is 1.85 bits per heavy atom. The van der Waals surface area contributed by atoms with Crippen LogP contribution in [-0.2, 0) is 6.54 Å². The minimum absolute atomic E-state index is 0.0173. The summed E-state index contributed by atoms with van der Waals surface area (Å²) in [6.07, 6.45) is 1.55. The highest BCUT2D eigenvalue weighted by Crippen LogP contribution is 2.28. The summed E-state index contributed by atoms with van der Waals surface area (Å²) in [7, 11) is 1.49. The number of pyridine rings is 1. The van der Waals surface area contributed by atoms with E-state index in [2.05, 4.69) is 5.32 Å². The number of nitrogens with one attached hydrogen (secondary N) is 1. The van der Waals surface area contributed by atoms with Crippen molar-refractivity contribution in [3.63, 3.8) is 0 Å². The van der Waals surface area contributed by atoms with Crippen LogP contribution >= 0.6 is 23.2 Å². The van der Waals surface area contributed by atoms with Crippen LogP contribution in [0.25, 0.3) is 10.9 Å². The predicted octanol–water partition coefficient (Wildman–Crippen LogP) is 4.59. The van der Waals surface area contributed by atoms with Gasteiger partial charge in [-0.25, -0.2) is 0 Å². The summed E-state index contributed by atoms with van der Waals surface area (Å²) in [5, 5.41) is 3.97. The Balaban J connectivity index is 2.10. The van der Waals surface area contributed by atoms with Crippen LogP contribution in [0.15, 0.2) is 47.4 Å². The number of anilines is 1. The maximum absolute atomic E-state index is 12.8. The number of amides is 1. The van der Waals surface area contributed by atoms with Crippen LogP contribution in [0.4, 0.5) is 5.69 Å². The summed E-state index contributed by atoms with van der Waals surface area (Å²) < 4.78 is 7.05. The second-order valence-electron chi connectivity index (χ2n) is 5.62. The highest BCUT2D eigenvalue weighted by molar-refractivity contribution is 6.31. The minimum atomic E-state index is -0.542. The van der Waals surface area contributed by atoms with E-state index in [1.165, 1.54) is 7.11 Å². The lowest BCUT2D eigenvalue weighted by molar-refractivity contribution is 0.102. The summed E-state index contributed by atoms with van der Waals surface area (Å²) in [6.45, 7) is 2.53. The van der Waals surface area contributed by atoms with Crippen molar-refractivity contribution in [1.82, 2.24) is 4.57 Å². The molecule has 1 amide bonds. The van der Waals surface area contributed by atoms with Crippen LogP contribution in [0, 0.1) is 0 Å². The Labute approximate surface area is 160 Å². The summed E-state index contributed by atoms with van der Waals surface area (Å²) in [4.78, 5) is 25.6. The monoisotopic (exact) mass is 390 g/mol. The second-order valence-corrected chi connectivity index (χ2v) is 6.49. The Hall–Kier alpha value is -2.50. The van der Waals surface area contributed by atoms with Crippen molar-refractivity contribution in [3.8, 4) is 5.75 Å². The molecule has 0 fully saturated rings. The standard InChI is InChI=1S/C19H16Cl2N2O3/c1-3-23-10-14(18(24)13-8-11(20)4-6-16(13)23)19(25)22-15-9-12(21)5-7-17(15)26-2/h4-10H,3H2,1-2H3,(H,22,25). The first-order valence-corrected chi connectivity index (χ1v) is 8.67. The first kappa shape index (κ1) is 18.3. The van der Waals surface area contributed by atoms with Gasteiger partial charge in [-0.1, -0.05) is 23.2 Å². The molecule has 1 heterocycles. The average Bonchev–Trinajstić information content (AvgIpc) is 2.62. The van der Waals surface area contributed by atoms with Gasteiger partial charge < -0.3 is 14.6 Å². The third-order valence-corrected chi connectivity index (χ3v) is 4.51. The Morgan fingerprint density at radius 1 is 1.15 bits per heavy atom. The molecule has 0 aliphatic heterocycles. The maximum atomic E-state index is 12.8. The quantitative estimate of drug-likeness (QED) is 0.708. The van der Waals surface area contributed by atoms with Gasteiger partial charge in [0.2, 0.25) is 5.43 Å². The van der Waals surface area contributed by atoms with Gasteiger partial charge in [0.05, 0.1) is 18.3 Å². The number of carbonyl (C=O) groups excluding carboxylic acids is 1. The van der Waals surface area contributed by atoms with Crippen molar-refractivity contribution in [1.29, 1.82) is 0 Å². The number of halogens is 2. The molecule has 3 rings (SSSR count). The Morgan fingerprint density at radius 3 is 2.54 bits per heavy atom. The van der Waals surface area contributed by atoms with Crippen molar-refractivity contribution in [2.75, 3.05) is 12.4 Å². The van der Waals surface area contributed by atoms with Gasteiger partial charge in [-0.3, -0.25) is 9.59 Å². The Bertz CT molecular complexity index is 1060. The molecule has 5 nitrogen and oxygen atoms in total. The van der Waals surface area contributed by atoms with Gasteiger partial charge in [0.15, 0.2) is 0 Å². The van der Waals surface area contributed by atoms with Crippen LogP contribution in [0.3, 0.4) is 0 Å². The van der Waals surface area contributed by atoms with Crippen LogP contribution in [0.5, 0.6) is 5.75 Å². The van der Waals surface area contributed by atoms with E-state index < -0.39 is 5.91 Å². The molecule has 0 aliphatic carbocycles. The van der Waals surface area contributed by atoms with E-state index in [4.69, 9.17) is 27.9 Å². The lowest BCUT2D eigenvalue weighted by Crippen LogP contribution is -2.24. The number of carbonyl (C=O) groups is 1. The number of ether oxygens (including phenoxy) is 1. The van der Waals surface area contributed by atoms with Crippen LogP contribution < -0.4 is 15.5 Å². The molecule has 26 heavy (non-hydrogen) atoms. The number of fused-ring (bicyclic) bond motifs is 1. The highest BCUT2D eigenvalue weighted by atomic mass is 35.5. The lowest BCUT2D eigenvalue weighted by atomic mass is 10.1. The van der Waals surface area contributed by atoms with E-state index in [0.29, 0.717) is 33.4 Å². The average molecular weight is 391 g/mol. The highest BCUT2D eigenvalue weighted by Gasteiger charge is 2.17. The molecular weight excluding hydrogens is 375 g/mol. The molecule has 1 aromatic heterocycles. The van der Waals surface area contributed by atoms with Crippen molar-refractivity contribution in [2.45, 2.75) is 13.5 Å². The number of hydrogen-bond donors (Lipinski definition) is 1. The molecule has 7 heteroatoms. The van der Waals surface area contributed by atoms with E-state index in [0.717, 1.165) is 5.52 Å². The molecule has 3 aromatic rings. The summed E-state index contributed by atoms with van der Waals surface area (Å²) in [5.41, 5.74) is 0.742. The lowest BCUT2D eigenvalue weighted by Gasteiger charge is -2.13. The second kappa shape index (κ2) is 7.40. The van der Waals surface area contributed by atoms with E-state index in [-0.39, 0.29) is 11.0 Å². The number of benzene rings is 2. The summed E-state index contributed by atoms with van der Waals surface area (Å²) >= 11 is 12.0. The third-order valence-electron chi connectivity index (χ3n) is 4.04. The van der Waals surface area contributed by atoms with Crippen LogP contribution in [0.2, 0.25) is 10.0 Å². The van der Waals surface area contributed by atoms with Gasteiger partial charge in [0.1, 0.15) is 11.3 Å². The number of rotatable bonds is 4.